The Balaban J connectivity index is 2.86. The third-order valence-electron chi connectivity index (χ3n) is 3.25. The van der Waals surface area contributed by atoms with Crippen LogP contribution in [0.3, 0.4) is 0 Å². The number of hydrogen-bond acceptors (Lipinski definition) is 2. The Bertz CT molecular complexity index is 214. The quantitative estimate of drug-likeness (QED) is 0.449. The Morgan fingerprint density at radius 2 is 1.46 bits per heavy atom. The van der Waals surface area contributed by atoms with Gasteiger partial charge >= 0.3 is 83.7 Å². The molecule has 1 aliphatic rings. The molecule has 2 amide bonds. The fraction of sp³-hybridized carbons (Fsp3) is 0.778. The first-order valence-electron chi connectivity index (χ1n) is 4.97. The summed E-state index contributed by atoms with van der Waals surface area (Å²) >= 11 is -2.51. The molecule has 0 aromatic rings. The summed E-state index contributed by atoms with van der Waals surface area (Å²) in [5.74, 6) is 0.178. The summed E-state index contributed by atoms with van der Waals surface area (Å²) in [6.45, 7) is 6.38. The molecular formula is C9H17NO2Sn. The van der Waals surface area contributed by atoms with Gasteiger partial charge in [-0.15, -0.1) is 0 Å². The number of carbonyl (C=O) groups is 2. The van der Waals surface area contributed by atoms with Crippen molar-refractivity contribution in [1.29, 1.82) is 0 Å². The van der Waals surface area contributed by atoms with Crippen LogP contribution in [-0.4, -0.2) is 33.6 Å². The predicted molar refractivity (Wildman–Crippen MR) is 53.7 cm³/mol. The third-order valence-corrected chi connectivity index (χ3v) is 18.7. The summed E-state index contributed by atoms with van der Waals surface area (Å²) in [5.41, 5.74) is 0. The van der Waals surface area contributed by atoms with Crippen molar-refractivity contribution in [2.45, 2.75) is 40.5 Å². The summed E-state index contributed by atoms with van der Waals surface area (Å²) < 4.78 is 4.88. The summed E-state index contributed by atoms with van der Waals surface area (Å²) in [6, 6.07) is 0. The van der Waals surface area contributed by atoms with E-state index in [0.29, 0.717) is 0 Å². The first-order chi connectivity index (χ1) is 6.11. The Labute approximate surface area is 83.7 Å². The standard InChI is InChI=1S/C3H3NO2.3C2H5.Sn/c5-2-1-3(6)4-2;3*1-2;/h1H2,(H,4,5,6);3*1H2,2H3;/q;;;;+1/p-1. The molecule has 0 unspecified atom stereocenters. The Morgan fingerprint density at radius 1 is 1.08 bits per heavy atom. The van der Waals surface area contributed by atoms with Crippen molar-refractivity contribution in [1.82, 2.24) is 3.12 Å². The van der Waals surface area contributed by atoms with Crippen LogP contribution in [0.5, 0.6) is 0 Å². The second-order valence-electron chi connectivity index (χ2n) is 3.58. The Kier molecular flexibility index (Phi) is 3.37. The van der Waals surface area contributed by atoms with Gasteiger partial charge in [0, 0.05) is 0 Å². The number of amides is 2. The zero-order valence-electron chi connectivity index (χ0n) is 8.59. The zero-order chi connectivity index (χ0) is 10.1. The molecule has 0 bridgehead atoms. The van der Waals surface area contributed by atoms with E-state index < -0.39 is 18.7 Å². The van der Waals surface area contributed by atoms with Crippen LogP contribution < -0.4 is 0 Å². The number of β-lactam (4-membered cyclic amide) rings is 2. The van der Waals surface area contributed by atoms with Gasteiger partial charge in [0.05, 0.1) is 0 Å². The van der Waals surface area contributed by atoms with Gasteiger partial charge < -0.3 is 0 Å². The maximum atomic E-state index is 11.3. The first-order valence-corrected chi connectivity index (χ1v) is 12.3. The maximum absolute atomic E-state index is 11.3. The van der Waals surface area contributed by atoms with Crippen LogP contribution in [0, 0.1) is 0 Å². The van der Waals surface area contributed by atoms with Crippen LogP contribution in [0.25, 0.3) is 0 Å². The number of carbonyl (C=O) groups excluding carboxylic acids is 2. The van der Waals surface area contributed by atoms with E-state index in [2.05, 4.69) is 20.8 Å². The van der Waals surface area contributed by atoms with E-state index in [1.54, 1.807) is 3.12 Å². The van der Waals surface area contributed by atoms with Gasteiger partial charge in [0.25, 0.3) is 0 Å². The molecule has 0 saturated carbocycles. The molecular weight excluding hydrogens is 273 g/mol. The van der Waals surface area contributed by atoms with E-state index in [1.165, 1.54) is 0 Å². The SMILES string of the molecule is C[CH2][Sn]([CH2]C)([CH2]C)[N]1C(=O)CC1=O. The van der Waals surface area contributed by atoms with Crippen molar-refractivity contribution >= 4 is 30.5 Å². The summed E-state index contributed by atoms with van der Waals surface area (Å²) in [7, 11) is 0. The van der Waals surface area contributed by atoms with Gasteiger partial charge in [0.2, 0.25) is 0 Å². The summed E-state index contributed by atoms with van der Waals surface area (Å²) in [4.78, 5) is 22.6. The summed E-state index contributed by atoms with van der Waals surface area (Å²) in [5, 5.41) is 0. The molecule has 1 rings (SSSR count). The van der Waals surface area contributed by atoms with Crippen LogP contribution in [0.15, 0.2) is 0 Å². The third kappa shape index (κ3) is 1.63. The summed E-state index contributed by atoms with van der Waals surface area (Å²) in [6.07, 6.45) is 0.165. The molecule has 0 atom stereocenters. The molecule has 0 N–H and O–H groups in total. The molecule has 74 valence electrons. The molecule has 0 radical (unpaired) electrons. The van der Waals surface area contributed by atoms with Crippen molar-refractivity contribution in [2.75, 3.05) is 0 Å². The van der Waals surface area contributed by atoms with Gasteiger partial charge in [-0.1, -0.05) is 0 Å². The second-order valence-corrected chi connectivity index (χ2v) is 17.9. The first kappa shape index (κ1) is 11.0. The van der Waals surface area contributed by atoms with Crippen molar-refractivity contribution < 1.29 is 9.59 Å². The van der Waals surface area contributed by atoms with E-state index >= 15 is 0 Å². The fourth-order valence-corrected chi connectivity index (χ4v) is 12.5. The van der Waals surface area contributed by atoms with Crippen LogP contribution in [-0.2, 0) is 9.59 Å². The monoisotopic (exact) mass is 291 g/mol. The van der Waals surface area contributed by atoms with E-state index in [4.69, 9.17) is 0 Å². The molecule has 0 spiro atoms. The van der Waals surface area contributed by atoms with Crippen LogP contribution in [0.4, 0.5) is 0 Å². The second kappa shape index (κ2) is 3.98. The molecule has 1 heterocycles. The molecule has 0 aliphatic carbocycles. The van der Waals surface area contributed by atoms with Crippen LogP contribution in [0.2, 0.25) is 13.3 Å². The van der Waals surface area contributed by atoms with Gasteiger partial charge in [-0.05, 0) is 0 Å². The van der Waals surface area contributed by atoms with Crippen molar-refractivity contribution in [3.8, 4) is 0 Å². The molecule has 1 aliphatic heterocycles. The molecule has 0 aromatic heterocycles. The van der Waals surface area contributed by atoms with E-state index in [0.717, 1.165) is 13.3 Å². The zero-order valence-corrected chi connectivity index (χ0v) is 11.4. The van der Waals surface area contributed by atoms with E-state index in [1.807, 2.05) is 0 Å². The van der Waals surface area contributed by atoms with Crippen molar-refractivity contribution in [3.63, 3.8) is 0 Å². The van der Waals surface area contributed by atoms with E-state index in [-0.39, 0.29) is 18.2 Å². The van der Waals surface area contributed by atoms with Crippen LogP contribution in [0.1, 0.15) is 27.2 Å². The predicted octanol–water partition coefficient (Wildman–Crippen LogP) is 1.75. The Hall–Kier alpha value is -0.0613. The van der Waals surface area contributed by atoms with Gasteiger partial charge in [0.1, 0.15) is 0 Å². The average Bonchev–Trinajstić information content (AvgIpc) is 2.14. The molecule has 0 aromatic carbocycles. The molecule has 1 saturated heterocycles. The minimum absolute atomic E-state index is 0.0892. The number of nitrogens with zero attached hydrogens (tertiary/aromatic N) is 1. The van der Waals surface area contributed by atoms with Crippen molar-refractivity contribution in [3.05, 3.63) is 0 Å². The molecule has 13 heavy (non-hydrogen) atoms. The average molecular weight is 290 g/mol. The number of imide groups is 1. The van der Waals surface area contributed by atoms with Crippen LogP contribution >= 0.6 is 0 Å². The molecule has 1 fully saturated rings. The number of hydrogen-bond donors (Lipinski definition) is 0. The van der Waals surface area contributed by atoms with Gasteiger partial charge in [-0.3, -0.25) is 0 Å². The van der Waals surface area contributed by atoms with E-state index in [9.17, 15) is 9.59 Å². The minimum atomic E-state index is -2.51. The van der Waals surface area contributed by atoms with Gasteiger partial charge in [-0.25, -0.2) is 0 Å². The van der Waals surface area contributed by atoms with Gasteiger partial charge in [-0.2, -0.15) is 0 Å². The van der Waals surface area contributed by atoms with Crippen molar-refractivity contribution in [2.24, 2.45) is 0 Å². The number of rotatable bonds is 4. The van der Waals surface area contributed by atoms with Gasteiger partial charge in [0.15, 0.2) is 0 Å². The Morgan fingerprint density at radius 3 is 1.62 bits per heavy atom. The molecule has 4 heteroatoms. The fourth-order valence-electron chi connectivity index (χ4n) is 2.09. The topological polar surface area (TPSA) is 37.4 Å². The normalized spacial score (nSPS) is 17.6. The molecule has 3 nitrogen and oxygen atoms in total.